The number of carbonyl (C=O) groups is 2. The summed E-state index contributed by atoms with van der Waals surface area (Å²) in [5.41, 5.74) is 0.459. The van der Waals surface area contributed by atoms with E-state index < -0.39 is 30.4 Å². The molecule has 10 heteroatoms. The molecule has 1 aliphatic heterocycles. The topological polar surface area (TPSA) is 138 Å². The molecule has 0 unspecified atom stereocenters. The lowest BCUT2D eigenvalue weighted by Gasteiger charge is -2.16. The Labute approximate surface area is 168 Å². The number of nitrogens with one attached hydrogen (secondary N) is 3. The summed E-state index contributed by atoms with van der Waals surface area (Å²) in [5, 5.41) is 28.3. The van der Waals surface area contributed by atoms with Gasteiger partial charge in [0, 0.05) is 36.5 Å². The zero-order chi connectivity index (χ0) is 21.0. The lowest BCUT2D eigenvalue weighted by atomic mass is 10.1. The number of hydrogen-bond acceptors (Lipinski definition) is 7. The third-order valence-corrected chi connectivity index (χ3v) is 4.86. The summed E-state index contributed by atoms with van der Waals surface area (Å²) < 4.78 is 15.9. The highest BCUT2D eigenvalue weighted by atomic mass is 16.5. The molecule has 4 atom stereocenters. The van der Waals surface area contributed by atoms with Gasteiger partial charge in [0.1, 0.15) is 29.8 Å². The summed E-state index contributed by atoms with van der Waals surface area (Å²) in [7, 11) is 3.01. The van der Waals surface area contributed by atoms with E-state index in [1.165, 1.54) is 14.2 Å². The van der Waals surface area contributed by atoms with Crippen LogP contribution >= 0.6 is 0 Å². The molecule has 1 saturated carbocycles. The van der Waals surface area contributed by atoms with Crippen LogP contribution in [0.25, 0.3) is 0 Å². The second-order valence-electron chi connectivity index (χ2n) is 7.18. The quantitative estimate of drug-likeness (QED) is 0.407. The first kappa shape index (κ1) is 21.2. The largest absolute Gasteiger partial charge is 0.497 e. The molecule has 1 aliphatic carbocycles. The van der Waals surface area contributed by atoms with Crippen molar-refractivity contribution in [1.29, 1.82) is 0 Å². The van der Waals surface area contributed by atoms with Crippen molar-refractivity contribution < 1.29 is 34.0 Å². The Kier molecular flexibility index (Phi) is 6.78. The van der Waals surface area contributed by atoms with Crippen molar-refractivity contribution in [2.45, 2.75) is 49.7 Å². The summed E-state index contributed by atoms with van der Waals surface area (Å²) >= 11 is 0. The monoisotopic (exact) mass is 409 g/mol. The van der Waals surface area contributed by atoms with E-state index in [1.807, 2.05) is 0 Å². The summed E-state index contributed by atoms with van der Waals surface area (Å²) in [4.78, 5) is 24.1. The summed E-state index contributed by atoms with van der Waals surface area (Å²) in [6, 6.07) is 4.61. The molecule has 1 aromatic carbocycles. The smallest absolute Gasteiger partial charge is 0.319 e. The zero-order valence-electron chi connectivity index (χ0n) is 16.4. The molecule has 1 heterocycles. The average Bonchev–Trinajstić information content (AvgIpc) is 3.47. The van der Waals surface area contributed by atoms with Gasteiger partial charge in [-0.15, -0.1) is 0 Å². The lowest BCUT2D eigenvalue weighted by molar-refractivity contribution is -0.125. The highest BCUT2D eigenvalue weighted by molar-refractivity contribution is 5.89. The summed E-state index contributed by atoms with van der Waals surface area (Å²) in [6.07, 6.45) is -2.16. The van der Waals surface area contributed by atoms with E-state index in [-0.39, 0.29) is 24.9 Å². The van der Waals surface area contributed by atoms with E-state index in [9.17, 15) is 19.8 Å². The fourth-order valence-corrected chi connectivity index (χ4v) is 3.11. The van der Waals surface area contributed by atoms with Gasteiger partial charge in [0.2, 0.25) is 5.91 Å². The number of urea groups is 1. The number of amides is 3. The lowest BCUT2D eigenvalue weighted by Crippen LogP contribution is -2.41. The second-order valence-corrected chi connectivity index (χ2v) is 7.18. The minimum absolute atomic E-state index is 0.0358. The van der Waals surface area contributed by atoms with Crippen LogP contribution < -0.4 is 25.4 Å². The molecule has 1 saturated heterocycles. The van der Waals surface area contributed by atoms with Gasteiger partial charge in [-0.1, -0.05) is 0 Å². The Morgan fingerprint density at radius 1 is 1.07 bits per heavy atom. The maximum atomic E-state index is 12.2. The van der Waals surface area contributed by atoms with E-state index in [2.05, 4.69) is 16.0 Å². The van der Waals surface area contributed by atoms with Crippen molar-refractivity contribution in [2.75, 3.05) is 26.1 Å². The standard InChI is InChI=1S/C19H27N3O7/c1-27-12-5-11(6-13(7-12)28-2)22-19(26)20-9-15-18(25)17(24)14(29-15)8-16(23)21-10-3-4-10/h5-7,10,14-15,17-18,24-25H,3-4,8-9H2,1-2H3,(H,21,23)(H2,20,22,26)/t14-,15-,17-,18+/m0/s1. The van der Waals surface area contributed by atoms with Gasteiger partial charge in [-0.05, 0) is 12.8 Å². The molecule has 2 aliphatic rings. The number of aliphatic hydroxyl groups excluding tert-OH is 2. The van der Waals surface area contributed by atoms with Gasteiger partial charge in [-0.25, -0.2) is 4.79 Å². The minimum Gasteiger partial charge on any atom is -0.497 e. The number of anilines is 1. The molecule has 2 fully saturated rings. The van der Waals surface area contributed by atoms with Crippen molar-refractivity contribution in [3.63, 3.8) is 0 Å². The third kappa shape index (κ3) is 5.72. The Morgan fingerprint density at radius 2 is 1.69 bits per heavy atom. The van der Waals surface area contributed by atoms with E-state index in [0.717, 1.165) is 12.8 Å². The van der Waals surface area contributed by atoms with Crippen LogP contribution in [0.4, 0.5) is 10.5 Å². The molecule has 3 rings (SSSR count). The van der Waals surface area contributed by atoms with Crippen LogP contribution in [-0.4, -0.2) is 73.4 Å². The summed E-state index contributed by atoms with van der Waals surface area (Å²) in [6.45, 7) is -0.0358. The van der Waals surface area contributed by atoms with Crippen molar-refractivity contribution in [3.05, 3.63) is 18.2 Å². The number of rotatable bonds is 8. The van der Waals surface area contributed by atoms with Gasteiger partial charge in [-0.2, -0.15) is 0 Å². The van der Waals surface area contributed by atoms with Crippen LogP contribution in [0.3, 0.4) is 0 Å². The zero-order valence-corrected chi connectivity index (χ0v) is 16.4. The Hall–Kier alpha value is -2.56. The molecule has 29 heavy (non-hydrogen) atoms. The average molecular weight is 409 g/mol. The molecule has 0 radical (unpaired) electrons. The Bertz CT molecular complexity index is 718. The first-order valence-electron chi connectivity index (χ1n) is 9.48. The number of hydrogen-bond donors (Lipinski definition) is 5. The van der Waals surface area contributed by atoms with Gasteiger partial charge in [0.15, 0.2) is 0 Å². The van der Waals surface area contributed by atoms with E-state index >= 15 is 0 Å². The molecule has 0 bridgehead atoms. The molecule has 1 aromatic rings. The Balaban J connectivity index is 1.48. The maximum absolute atomic E-state index is 12.2. The van der Waals surface area contributed by atoms with Crippen LogP contribution in [0.1, 0.15) is 19.3 Å². The number of benzene rings is 1. The van der Waals surface area contributed by atoms with E-state index in [0.29, 0.717) is 17.2 Å². The van der Waals surface area contributed by atoms with Crippen molar-refractivity contribution in [1.82, 2.24) is 10.6 Å². The van der Waals surface area contributed by atoms with Crippen LogP contribution in [0, 0.1) is 0 Å². The predicted molar refractivity (Wildman–Crippen MR) is 103 cm³/mol. The number of ether oxygens (including phenoxy) is 3. The van der Waals surface area contributed by atoms with Crippen LogP contribution in [0.15, 0.2) is 18.2 Å². The second kappa shape index (κ2) is 9.29. The molecule has 160 valence electrons. The van der Waals surface area contributed by atoms with Gasteiger partial charge in [0.05, 0.1) is 26.7 Å². The molecular formula is C19H27N3O7. The molecule has 10 nitrogen and oxygen atoms in total. The fourth-order valence-electron chi connectivity index (χ4n) is 3.11. The first-order valence-corrected chi connectivity index (χ1v) is 9.48. The Morgan fingerprint density at radius 3 is 2.28 bits per heavy atom. The van der Waals surface area contributed by atoms with E-state index in [4.69, 9.17) is 14.2 Å². The van der Waals surface area contributed by atoms with E-state index in [1.54, 1.807) is 18.2 Å². The normalized spacial score (nSPS) is 25.9. The highest BCUT2D eigenvalue weighted by Gasteiger charge is 2.43. The van der Waals surface area contributed by atoms with Crippen LogP contribution in [-0.2, 0) is 9.53 Å². The fraction of sp³-hybridized carbons (Fsp3) is 0.579. The minimum atomic E-state index is -1.20. The first-order chi connectivity index (χ1) is 13.9. The molecule has 0 spiro atoms. The number of carbonyl (C=O) groups excluding carboxylic acids is 2. The number of aliphatic hydroxyl groups is 2. The van der Waals surface area contributed by atoms with Crippen molar-refractivity contribution in [3.8, 4) is 11.5 Å². The van der Waals surface area contributed by atoms with Crippen molar-refractivity contribution >= 4 is 17.6 Å². The third-order valence-electron chi connectivity index (χ3n) is 4.86. The van der Waals surface area contributed by atoms with Crippen LogP contribution in [0.2, 0.25) is 0 Å². The van der Waals surface area contributed by atoms with Crippen molar-refractivity contribution in [2.24, 2.45) is 0 Å². The molecule has 5 N–H and O–H groups in total. The molecule has 0 aromatic heterocycles. The summed E-state index contributed by atoms with van der Waals surface area (Å²) in [5.74, 6) is 0.816. The highest BCUT2D eigenvalue weighted by Crippen LogP contribution is 2.26. The van der Waals surface area contributed by atoms with Gasteiger partial charge >= 0.3 is 6.03 Å². The van der Waals surface area contributed by atoms with Gasteiger partial charge in [0.25, 0.3) is 0 Å². The maximum Gasteiger partial charge on any atom is 0.319 e. The van der Waals surface area contributed by atoms with Gasteiger partial charge < -0.3 is 40.4 Å². The predicted octanol–water partition coefficient (Wildman–Crippen LogP) is -0.0168. The SMILES string of the molecule is COc1cc(NC(=O)NC[C@@H]2O[C@@H](CC(=O)NC3CC3)[C@H](O)[C@@H]2O)cc(OC)c1. The van der Waals surface area contributed by atoms with Gasteiger partial charge in [-0.3, -0.25) is 4.79 Å². The molecular weight excluding hydrogens is 382 g/mol. The number of methoxy groups -OCH3 is 2. The molecule has 3 amide bonds. The van der Waals surface area contributed by atoms with Crippen LogP contribution in [0.5, 0.6) is 11.5 Å².